The van der Waals surface area contributed by atoms with E-state index in [1.165, 1.54) is 38.5 Å². The molecule has 0 N–H and O–H groups in total. The molecule has 90 valence electrons. The molecule has 4 bridgehead atoms. The van der Waals surface area contributed by atoms with Gasteiger partial charge in [0, 0.05) is 0 Å². The van der Waals surface area contributed by atoms with Gasteiger partial charge >= 0.3 is 0 Å². The molecule has 0 aromatic heterocycles. The lowest BCUT2D eigenvalue weighted by molar-refractivity contribution is -0.0378. The van der Waals surface area contributed by atoms with Crippen LogP contribution in [0.5, 0.6) is 0 Å². The fraction of sp³-hybridized carbons (Fsp3) is 1.00. The van der Waals surface area contributed by atoms with Crippen LogP contribution in [0.3, 0.4) is 0 Å². The Kier molecular flexibility index (Phi) is 2.10. The molecule has 4 rings (SSSR count). The van der Waals surface area contributed by atoms with Crippen LogP contribution in [0.2, 0.25) is 0 Å². The van der Waals surface area contributed by atoms with E-state index in [4.69, 9.17) is 25.3 Å². The average molecular weight is 254 g/mol. The highest BCUT2D eigenvalue weighted by molar-refractivity contribution is 7.80. The summed E-state index contributed by atoms with van der Waals surface area (Å²) in [7, 11) is 0. The van der Waals surface area contributed by atoms with Crippen LogP contribution in [0.25, 0.3) is 0 Å². The van der Waals surface area contributed by atoms with Crippen molar-refractivity contribution >= 4 is 25.3 Å². The number of rotatable bonds is 2. The lowest BCUT2D eigenvalue weighted by Gasteiger charge is -2.55. The number of hydrogen-bond acceptors (Lipinski definition) is 2. The molecular weight excluding hydrogens is 232 g/mol. The van der Waals surface area contributed by atoms with Crippen molar-refractivity contribution in [3.8, 4) is 0 Å². The quantitative estimate of drug-likeness (QED) is 0.545. The smallest absolute Gasteiger partial charge is 0.00300 e. The summed E-state index contributed by atoms with van der Waals surface area (Å²) in [6, 6.07) is 0. The van der Waals surface area contributed by atoms with Crippen molar-refractivity contribution in [1.82, 2.24) is 0 Å². The van der Waals surface area contributed by atoms with Gasteiger partial charge in [0.15, 0.2) is 0 Å². The zero-order valence-corrected chi connectivity index (χ0v) is 11.6. The minimum atomic E-state index is 0.615. The molecule has 4 atom stereocenters. The maximum absolute atomic E-state index is 4.82. The normalized spacial score (nSPS) is 61.9. The Bertz CT molecular complexity index is 273. The van der Waals surface area contributed by atoms with E-state index >= 15 is 0 Å². The molecule has 0 heterocycles. The fourth-order valence-corrected chi connectivity index (χ4v) is 8.45. The van der Waals surface area contributed by atoms with Crippen LogP contribution < -0.4 is 0 Å². The minimum absolute atomic E-state index is 0.615. The van der Waals surface area contributed by atoms with Gasteiger partial charge in [0.25, 0.3) is 0 Å². The van der Waals surface area contributed by atoms with Gasteiger partial charge in [-0.1, -0.05) is 0 Å². The molecule has 4 saturated carbocycles. The SMILES string of the molecule is SCC12C3CCC(C3)C1(CS)C1CCC2C1. The van der Waals surface area contributed by atoms with Crippen molar-refractivity contribution in [3.63, 3.8) is 0 Å². The molecule has 0 aromatic rings. The minimum Gasteiger partial charge on any atom is -0.179 e. The molecule has 0 amide bonds. The Morgan fingerprint density at radius 2 is 1.00 bits per heavy atom. The van der Waals surface area contributed by atoms with Gasteiger partial charge in [-0.05, 0) is 84.5 Å². The predicted molar refractivity (Wildman–Crippen MR) is 74.2 cm³/mol. The van der Waals surface area contributed by atoms with E-state index in [0.29, 0.717) is 10.8 Å². The maximum atomic E-state index is 4.82. The first-order chi connectivity index (χ1) is 7.79. The molecule has 0 nitrogen and oxygen atoms in total. The van der Waals surface area contributed by atoms with Crippen molar-refractivity contribution in [3.05, 3.63) is 0 Å². The predicted octanol–water partition coefficient (Wildman–Crippen LogP) is 3.68. The highest BCUT2D eigenvalue weighted by Crippen LogP contribution is 2.80. The number of hydrogen-bond donors (Lipinski definition) is 2. The largest absolute Gasteiger partial charge is 0.179 e. The molecule has 4 fully saturated rings. The molecule has 0 saturated heterocycles. The van der Waals surface area contributed by atoms with Crippen molar-refractivity contribution in [2.75, 3.05) is 11.5 Å². The first-order valence-corrected chi connectivity index (χ1v) is 8.28. The highest BCUT2D eigenvalue weighted by atomic mass is 32.1. The number of fused-ring (bicyclic) bond motifs is 9. The van der Waals surface area contributed by atoms with Gasteiger partial charge in [-0.3, -0.25) is 0 Å². The monoisotopic (exact) mass is 254 g/mol. The third kappa shape index (κ3) is 0.829. The molecule has 0 aliphatic heterocycles. The molecule has 2 heteroatoms. The summed E-state index contributed by atoms with van der Waals surface area (Å²) in [6.07, 6.45) is 9.06. The summed E-state index contributed by atoms with van der Waals surface area (Å²) in [5.74, 6) is 6.34. The van der Waals surface area contributed by atoms with Crippen molar-refractivity contribution in [1.29, 1.82) is 0 Å². The average Bonchev–Trinajstić information content (AvgIpc) is 3.04. The molecule has 0 spiro atoms. The third-order valence-corrected chi connectivity index (χ3v) is 8.22. The van der Waals surface area contributed by atoms with Gasteiger partial charge < -0.3 is 0 Å². The zero-order valence-electron chi connectivity index (χ0n) is 9.86. The molecular formula is C14H22S2. The Hall–Kier alpha value is 0.700. The number of thiol groups is 2. The van der Waals surface area contributed by atoms with E-state index in [9.17, 15) is 0 Å². The second-order valence-electron chi connectivity index (χ2n) is 6.81. The van der Waals surface area contributed by atoms with Crippen molar-refractivity contribution < 1.29 is 0 Å². The van der Waals surface area contributed by atoms with Gasteiger partial charge in [-0.15, -0.1) is 0 Å². The Morgan fingerprint density at radius 1 is 0.688 bits per heavy atom. The Morgan fingerprint density at radius 3 is 1.25 bits per heavy atom. The Balaban J connectivity index is 1.90. The van der Waals surface area contributed by atoms with Crippen LogP contribution in [0.4, 0.5) is 0 Å². The van der Waals surface area contributed by atoms with E-state index in [-0.39, 0.29) is 0 Å². The van der Waals surface area contributed by atoms with Gasteiger partial charge in [0.1, 0.15) is 0 Å². The van der Waals surface area contributed by atoms with Crippen LogP contribution >= 0.6 is 25.3 Å². The molecule has 0 radical (unpaired) electrons. The summed E-state index contributed by atoms with van der Waals surface area (Å²) in [6.45, 7) is 0. The van der Waals surface area contributed by atoms with E-state index in [1.807, 2.05) is 0 Å². The van der Waals surface area contributed by atoms with E-state index in [2.05, 4.69) is 0 Å². The topological polar surface area (TPSA) is 0 Å². The summed E-state index contributed by atoms with van der Waals surface area (Å²) >= 11 is 9.65. The molecule has 4 aliphatic rings. The molecule has 0 aromatic carbocycles. The fourth-order valence-electron chi connectivity index (χ4n) is 6.83. The van der Waals surface area contributed by atoms with E-state index < -0.39 is 0 Å². The molecule has 4 aliphatic carbocycles. The lowest BCUT2D eigenvalue weighted by Crippen LogP contribution is -2.53. The van der Waals surface area contributed by atoms with Crippen LogP contribution in [0.15, 0.2) is 0 Å². The van der Waals surface area contributed by atoms with Crippen LogP contribution in [-0.2, 0) is 0 Å². The first-order valence-electron chi connectivity index (χ1n) is 7.01. The van der Waals surface area contributed by atoms with Crippen LogP contribution in [-0.4, -0.2) is 11.5 Å². The second-order valence-corrected chi connectivity index (χ2v) is 7.44. The summed E-state index contributed by atoms with van der Waals surface area (Å²) in [4.78, 5) is 0. The van der Waals surface area contributed by atoms with Crippen LogP contribution in [0, 0.1) is 34.5 Å². The second kappa shape index (κ2) is 3.17. The summed E-state index contributed by atoms with van der Waals surface area (Å²) in [5, 5.41) is 0. The van der Waals surface area contributed by atoms with E-state index in [0.717, 1.165) is 35.2 Å². The summed E-state index contributed by atoms with van der Waals surface area (Å²) in [5.41, 5.74) is 1.23. The lowest BCUT2D eigenvalue weighted by atomic mass is 9.51. The summed E-state index contributed by atoms with van der Waals surface area (Å²) < 4.78 is 0. The van der Waals surface area contributed by atoms with Gasteiger partial charge in [-0.25, -0.2) is 0 Å². The van der Waals surface area contributed by atoms with Gasteiger partial charge in [0.05, 0.1) is 0 Å². The van der Waals surface area contributed by atoms with Crippen molar-refractivity contribution in [2.45, 2.75) is 38.5 Å². The van der Waals surface area contributed by atoms with Gasteiger partial charge in [-0.2, -0.15) is 25.3 Å². The van der Waals surface area contributed by atoms with Crippen molar-refractivity contribution in [2.24, 2.45) is 34.5 Å². The molecule has 16 heavy (non-hydrogen) atoms. The first kappa shape index (κ1) is 10.6. The standard InChI is InChI=1S/C14H22S2/c15-7-13-9-1-2-10(5-9)14(13,8-16)12-4-3-11(13)6-12/h9-12,15-16H,1-8H2. The third-order valence-electron chi connectivity index (χ3n) is 7.17. The Labute approximate surface area is 110 Å². The molecule has 4 unspecified atom stereocenters. The van der Waals surface area contributed by atoms with Gasteiger partial charge in [0.2, 0.25) is 0 Å². The highest BCUT2D eigenvalue weighted by Gasteiger charge is 2.75. The zero-order chi connectivity index (χ0) is 11.0. The van der Waals surface area contributed by atoms with Crippen LogP contribution in [0.1, 0.15) is 38.5 Å². The maximum Gasteiger partial charge on any atom is -0.00300 e. The van der Waals surface area contributed by atoms with E-state index in [1.54, 1.807) is 0 Å².